The molecule has 0 aromatic heterocycles. The van der Waals surface area contributed by atoms with Gasteiger partial charge < -0.3 is 15.4 Å². The number of nitrogens with two attached hydrogens (primary N) is 1. The second kappa shape index (κ2) is 4.75. The maximum atomic E-state index is 7.66. The second-order valence-electron chi connectivity index (χ2n) is 4.51. The average Bonchev–Trinajstić information content (AvgIpc) is 2.28. The fraction of sp³-hybridized carbons (Fsp3) is 0.462. The third-order valence-corrected chi connectivity index (χ3v) is 3.09. The van der Waals surface area contributed by atoms with Gasteiger partial charge in [0.25, 0.3) is 0 Å². The lowest BCUT2D eigenvalue weighted by molar-refractivity contribution is 0.0532. The van der Waals surface area contributed by atoms with Gasteiger partial charge >= 0.3 is 0 Å². The summed E-state index contributed by atoms with van der Waals surface area (Å²) in [6, 6.07) is 5.91. The predicted octanol–water partition coefficient (Wildman–Crippen LogP) is 1.50. The molecule has 17 heavy (non-hydrogen) atoms. The topological polar surface area (TPSA) is 62.3 Å². The van der Waals surface area contributed by atoms with Crippen LogP contribution in [0.4, 0.5) is 5.69 Å². The molecule has 1 fully saturated rings. The van der Waals surface area contributed by atoms with E-state index in [1.54, 1.807) is 0 Å². The number of amidine groups is 1. The molecule has 1 aromatic rings. The molecule has 0 radical (unpaired) electrons. The number of aryl methyl sites for hydroxylation is 1. The van der Waals surface area contributed by atoms with Crippen LogP contribution < -0.4 is 10.6 Å². The van der Waals surface area contributed by atoms with Crippen LogP contribution in [-0.4, -0.2) is 31.6 Å². The monoisotopic (exact) mass is 233 g/mol. The van der Waals surface area contributed by atoms with E-state index in [0.29, 0.717) is 0 Å². The molecule has 2 rings (SSSR count). The number of benzene rings is 1. The van der Waals surface area contributed by atoms with Gasteiger partial charge in [0.05, 0.1) is 18.4 Å². The van der Waals surface area contributed by atoms with Gasteiger partial charge in [0.2, 0.25) is 0 Å². The molecule has 1 unspecified atom stereocenters. The highest BCUT2D eigenvalue weighted by Gasteiger charge is 2.21. The second-order valence-corrected chi connectivity index (χ2v) is 4.51. The van der Waals surface area contributed by atoms with Crippen LogP contribution in [0.15, 0.2) is 18.2 Å². The van der Waals surface area contributed by atoms with E-state index in [0.717, 1.165) is 36.5 Å². The van der Waals surface area contributed by atoms with Crippen LogP contribution in [0.25, 0.3) is 0 Å². The molecule has 4 heteroatoms. The van der Waals surface area contributed by atoms with E-state index in [-0.39, 0.29) is 11.9 Å². The van der Waals surface area contributed by atoms with Crippen LogP contribution in [0.3, 0.4) is 0 Å². The number of rotatable bonds is 2. The molecule has 0 aliphatic carbocycles. The summed E-state index contributed by atoms with van der Waals surface area (Å²) in [5.41, 5.74) is 8.71. The highest BCUT2D eigenvalue weighted by molar-refractivity contribution is 6.01. The fourth-order valence-electron chi connectivity index (χ4n) is 2.32. The summed E-state index contributed by atoms with van der Waals surface area (Å²) in [6.45, 7) is 6.56. The first-order chi connectivity index (χ1) is 8.09. The van der Waals surface area contributed by atoms with Crippen molar-refractivity contribution in [1.29, 1.82) is 5.41 Å². The minimum absolute atomic E-state index is 0.128. The van der Waals surface area contributed by atoms with Crippen molar-refractivity contribution in [2.24, 2.45) is 5.73 Å². The third kappa shape index (κ3) is 2.42. The highest BCUT2D eigenvalue weighted by Crippen LogP contribution is 2.26. The van der Waals surface area contributed by atoms with Gasteiger partial charge in [-0.1, -0.05) is 12.1 Å². The summed E-state index contributed by atoms with van der Waals surface area (Å²) < 4.78 is 5.54. The van der Waals surface area contributed by atoms with E-state index in [1.807, 2.05) is 12.1 Å². The van der Waals surface area contributed by atoms with E-state index in [2.05, 4.69) is 24.8 Å². The number of nitrogens with zero attached hydrogens (tertiary/aromatic N) is 1. The smallest absolute Gasteiger partial charge is 0.124 e. The SMILES string of the molecule is Cc1cccc(C(=N)N)c1N1CCOC(C)C1. The van der Waals surface area contributed by atoms with Gasteiger partial charge in [-0.15, -0.1) is 0 Å². The predicted molar refractivity (Wildman–Crippen MR) is 69.8 cm³/mol. The molecule has 0 bridgehead atoms. The summed E-state index contributed by atoms with van der Waals surface area (Å²) in [5, 5.41) is 7.66. The number of anilines is 1. The van der Waals surface area contributed by atoms with Gasteiger partial charge in [-0.3, -0.25) is 5.41 Å². The number of nitrogens with one attached hydrogen (secondary N) is 1. The molecule has 1 heterocycles. The first kappa shape index (κ1) is 11.9. The Morgan fingerprint density at radius 2 is 2.29 bits per heavy atom. The van der Waals surface area contributed by atoms with Crippen molar-refractivity contribution in [3.63, 3.8) is 0 Å². The van der Waals surface area contributed by atoms with E-state index in [9.17, 15) is 0 Å². The Balaban J connectivity index is 2.39. The Morgan fingerprint density at radius 1 is 1.53 bits per heavy atom. The van der Waals surface area contributed by atoms with Gasteiger partial charge in [0, 0.05) is 18.7 Å². The third-order valence-electron chi connectivity index (χ3n) is 3.09. The molecule has 1 saturated heterocycles. The Bertz CT molecular complexity index is 431. The van der Waals surface area contributed by atoms with Crippen LogP contribution in [0.2, 0.25) is 0 Å². The zero-order valence-corrected chi connectivity index (χ0v) is 10.4. The molecule has 92 valence electrons. The molecule has 0 saturated carbocycles. The summed E-state index contributed by atoms with van der Waals surface area (Å²) in [5.74, 6) is 0.128. The Kier molecular flexibility index (Phi) is 3.33. The minimum Gasteiger partial charge on any atom is -0.384 e. The van der Waals surface area contributed by atoms with Gasteiger partial charge in [0.15, 0.2) is 0 Å². The van der Waals surface area contributed by atoms with Crippen molar-refractivity contribution in [3.05, 3.63) is 29.3 Å². The fourth-order valence-corrected chi connectivity index (χ4v) is 2.32. The molecule has 1 aliphatic rings. The molecule has 0 amide bonds. The van der Waals surface area contributed by atoms with Crippen LogP contribution in [0, 0.1) is 12.3 Å². The van der Waals surface area contributed by atoms with Crippen LogP contribution in [-0.2, 0) is 4.74 Å². The summed E-state index contributed by atoms with van der Waals surface area (Å²) >= 11 is 0. The van der Waals surface area contributed by atoms with Crippen LogP contribution >= 0.6 is 0 Å². The van der Waals surface area contributed by atoms with Crippen LogP contribution in [0.5, 0.6) is 0 Å². The number of ether oxygens (including phenoxy) is 1. The van der Waals surface area contributed by atoms with Crippen molar-refractivity contribution in [2.75, 3.05) is 24.6 Å². The van der Waals surface area contributed by atoms with Crippen molar-refractivity contribution in [2.45, 2.75) is 20.0 Å². The lowest BCUT2D eigenvalue weighted by atomic mass is 10.0. The van der Waals surface area contributed by atoms with E-state index >= 15 is 0 Å². The number of para-hydroxylation sites is 1. The Hall–Kier alpha value is -1.55. The standard InChI is InChI=1S/C13H19N3O/c1-9-4-3-5-11(13(14)15)12(9)16-6-7-17-10(2)8-16/h3-5,10H,6-8H2,1-2H3,(H3,14,15). The number of hydrogen-bond donors (Lipinski definition) is 2. The van der Waals surface area contributed by atoms with Crippen molar-refractivity contribution in [1.82, 2.24) is 0 Å². The Morgan fingerprint density at radius 3 is 2.94 bits per heavy atom. The van der Waals surface area contributed by atoms with Crippen LogP contribution in [0.1, 0.15) is 18.1 Å². The number of nitrogen functional groups attached to an aromatic ring is 1. The molecule has 4 nitrogen and oxygen atoms in total. The molecule has 1 aromatic carbocycles. The lowest BCUT2D eigenvalue weighted by Gasteiger charge is -2.35. The molecule has 0 spiro atoms. The maximum absolute atomic E-state index is 7.66. The quantitative estimate of drug-likeness (QED) is 0.601. The lowest BCUT2D eigenvalue weighted by Crippen LogP contribution is -2.42. The summed E-state index contributed by atoms with van der Waals surface area (Å²) in [6.07, 6.45) is 0.225. The van der Waals surface area contributed by atoms with Crippen molar-refractivity contribution < 1.29 is 4.74 Å². The zero-order chi connectivity index (χ0) is 12.4. The average molecular weight is 233 g/mol. The Labute approximate surface area is 102 Å². The van der Waals surface area contributed by atoms with Gasteiger partial charge in [-0.25, -0.2) is 0 Å². The minimum atomic E-state index is 0.128. The summed E-state index contributed by atoms with van der Waals surface area (Å²) in [4.78, 5) is 2.26. The normalized spacial score (nSPS) is 20.4. The maximum Gasteiger partial charge on any atom is 0.124 e. The largest absolute Gasteiger partial charge is 0.384 e. The van der Waals surface area contributed by atoms with E-state index in [4.69, 9.17) is 15.9 Å². The molecule has 1 atom stereocenters. The molecule has 3 N–H and O–H groups in total. The van der Waals surface area contributed by atoms with E-state index < -0.39 is 0 Å². The summed E-state index contributed by atoms with van der Waals surface area (Å²) in [7, 11) is 0. The molecule has 1 aliphatic heterocycles. The number of morpholine rings is 1. The van der Waals surface area contributed by atoms with Gasteiger partial charge in [-0.05, 0) is 25.5 Å². The molecular weight excluding hydrogens is 214 g/mol. The van der Waals surface area contributed by atoms with E-state index in [1.165, 1.54) is 0 Å². The van der Waals surface area contributed by atoms with Gasteiger partial charge in [-0.2, -0.15) is 0 Å². The highest BCUT2D eigenvalue weighted by atomic mass is 16.5. The van der Waals surface area contributed by atoms with Gasteiger partial charge in [0.1, 0.15) is 5.84 Å². The number of hydrogen-bond acceptors (Lipinski definition) is 3. The zero-order valence-electron chi connectivity index (χ0n) is 10.4. The first-order valence-electron chi connectivity index (χ1n) is 5.90. The first-order valence-corrected chi connectivity index (χ1v) is 5.90. The van der Waals surface area contributed by atoms with Crippen molar-refractivity contribution in [3.8, 4) is 0 Å². The van der Waals surface area contributed by atoms with Crippen molar-refractivity contribution >= 4 is 11.5 Å². The molecular formula is C13H19N3O.